The lowest BCUT2D eigenvalue weighted by Crippen LogP contribution is -2.58. The van der Waals surface area contributed by atoms with Gasteiger partial charge in [0.1, 0.15) is 11.7 Å². The zero-order valence-electron chi connectivity index (χ0n) is 15.0. The van der Waals surface area contributed by atoms with Gasteiger partial charge in [0.2, 0.25) is 11.8 Å². The zero-order valence-corrected chi connectivity index (χ0v) is 15.0. The van der Waals surface area contributed by atoms with Crippen LogP contribution >= 0.6 is 0 Å². The molecule has 27 heavy (non-hydrogen) atoms. The maximum absolute atomic E-state index is 12.8. The van der Waals surface area contributed by atoms with E-state index < -0.39 is 35.4 Å². The van der Waals surface area contributed by atoms with Crippen molar-refractivity contribution in [2.45, 2.75) is 45.3 Å². The molecule has 3 unspecified atom stereocenters. The maximum atomic E-state index is 12.8. The molecule has 3 rings (SSSR count). The number of Topliss-reactive ketones (excluding diaryl/α,β-unsaturated/α-hetero) is 1. The van der Waals surface area contributed by atoms with Crippen LogP contribution in [0.25, 0.3) is 0 Å². The van der Waals surface area contributed by atoms with E-state index in [2.05, 4.69) is 10.6 Å². The van der Waals surface area contributed by atoms with Gasteiger partial charge in [-0.1, -0.05) is 19.9 Å². The first-order valence-corrected chi connectivity index (χ1v) is 8.77. The van der Waals surface area contributed by atoms with E-state index in [1.165, 1.54) is 12.1 Å². The monoisotopic (exact) mass is 382 g/mol. The highest BCUT2D eigenvalue weighted by atomic mass is 19.4. The van der Waals surface area contributed by atoms with Gasteiger partial charge in [-0.15, -0.1) is 0 Å². The Morgan fingerprint density at radius 3 is 2.63 bits per heavy atom. The standard InChI is InChI=1S/C19H21F3N2O3/c1-18(2)8-14-12(15(25)9-18)7-13(17(27)24-14)16(26)23-11-5-3-4-10(6-11)19(20,21)22/h3-6,12-14H,7-9H2,1-2H3,(H,23,26)(H,24,27). The largest absolute Gasteiger partial charge is 0.416 e. The first kappa shape index (κ1) is 19.4. The number of ketones is 1. The fraction of sp³-hybridized carbons (Fsp3) is 0.526. The molecule has 1 saturated heterocycles. The second kappa shape index (κ2) is 6.65. The number of alkyl halides is 3. The van der Waals surface area contributed by atoms with Gasteiger partial charge < -0.3 is 10.6 Å². The lowest BCUT2D eigenvalue weighted by Gasteiger charge is -2.43. The van der Waals surface area contributed by atoms with Crippen LogP contribution < -0.4 is 10.6 Å². The van der Waals surface area contributed by atoms with E-state index in [1.807, 2.05) is 13.8 Å². The summed E-state index contributed by atoms with van der Waals surface area (Å²) in [5.74, 6) is -2.74. The number of benzene rings is 1. The van der Waals surface area contributed by atoms with Crippen molar-refractivity contribution in [1.29, 1.82) is 0 Å². The molecule has 0 bridgehead atoms. The van der Waals surface area contributed by atoms with E-state index in [0.29, 0.717) is 12.8 Å². The smallest absolute Gasteiger partial charge is 0.352 e. The molecule has 0 radical (unpaired) electrons. The number of anilines is 1. The van der Waals surface area contributed by atoms with E-state index in [-0.39, 0.29) is 29.3 Å². The summed E-state index contributed by atoms with van der Waals surface area (Å²) in [5, 5.41) is 5.13. The molecule has 1 heterocycles. The van der Waals surface area contributed by atoms with Crippen molar-refractivity contribution in [3.8, 4) is 0 Å². The summed E-state index contributed by atoms with van der Waals surface area (Å²) in [6, 6.07) is 3.92. The molecule has 1 aliphatic heterocycles. The topological polar surface area (TPSA) is 75.3 Å². The van der Waals surface area contributed by atoms with Crippen molar-refractivity contribution in [1.82, 2.24) is 5.32 Å². The SMILES string of the molecule is CC1(C)CC(=O)C2CC(C(=O)Nc3cccc(C(F)(F)F)c3)C(=O)NC2C1. The Morgan fingerprint density at radius 1 is 1.26 bits per heavy atom. The summed E-state index contributed by atoms with van der Waals surface area (Å²) < 4.78 is 38.4. The number of carbonyl (C=O) groups excluding carboxylic acids is 3. The summed E-state index contributed by atoms with van der Waals surface area (Å²) in [4.78, 5) is 37.3. The van der Waals surface area contributed by atoms with E-state index in [0.717, 1.165) is 12.1 Å². The van der Waals surface area contributed by atoms with Gasteiger partial charge in [0.15, 0.2) is 0 Å². The molecule has 3 atom stereocenters. The van der Waals surface area contributed by atoms with E-state index in [9.17, 15) is 27.6 Å². The molecule has 1 aromatic rings. The second-order valence-corrected chi connectivity index (χ2v) is 8.09. The molecular weight excluding hydrogens is 361 g/mol. The number of hydrogen-bond donors (Lipinski definition) is 2. The van der Waals surface area contributed by atoms with Gasteiger partial charge in [-0.3, -0.25) is 14.4 Å². The number of fused-ring (bicyclic) bond motifs is 1. The number of nitrogens with one attached hydrogen (secondary N) is 2. The van der Waals surface area contributed by atoms with Crippen molar-refractivity contribution >= 4 is 23.3 Å². The molecular formula is C19H21F3N2O3. The van der Waals surface area contributed by atoms with E-state index >= 15 is 0 Å². The Kier molecular flexibility index (Phi) is 4.78. The Bertz CT molecular complexity index is 789. The van der Waals surface area contributed by atoms with Gasteiger partial charge in [0.25, 0.3) is 0 Å². The molecule has 1 aromatic carbocycles. The van der Waals surface area contributed by atoms with E-state index in [1.54, 1.807) is 0 Å². The van der Waals surface area contributed by atoms with Crippen molar-refractivity contribution in [2.75, 3.05) is 5.32 Å². The molecule has 0 aromatic heterocycles. The number of hydrogen-bond acceptors (Lipinski definition) is 3. The molecule has 8 heteroatoms. The first-order valence-electron chi connectivity index (χ1n) is 8.77. The highest BCUT2D eigenvalue weighted by molar-refractivity contribution is 6.07. The zero-order chi connectivity index (χ0) is 20.0. The first-order chi connectivity index (χ1) is 12.5. The van der Waals surface area contributed by atoms with Crippen molar-refractivity contribution in [3.05, 3.63) is 29.8 Å². The molecule has 146 valence electrons. The van der Waals surface area contributed by atoms with Gasteiger partial charge in [0, 0.05) is 24.1 Å². The Morgan fingerprint density at radius 2 is 1.96 bits per heavy atom. The molecule has 1 aliphatic carbocycles. The van der Waals surface area contributed by atoms with Crippen molar-refractivity contribution in [2.24, 2.45) is 17.3 Å². The molecule has 2 N–H and O–H groups in total. The molecule has 2 fully saturated rings. The summed E-state index contributed by atoms with van der Waals surface area (Å²) in [7, 11) is 0. The fourth-order valence-electron chi connectivity index (χ4n) is 3.96. The highest BCUT2D eigenvalue weighted by Gasteiger charge is 2.48. The number of carbonyl (C=O) groups is 3. The molecule has 2 amide bonds. The van der Waals surface area contributed by atoms with E-state index in [4.69, 9.17) is 0 Å². The van der Waals surface area contributed by atoms with Crippen LogP contribution in [0.5, 0.6) is 0 Å². The Labute approximate surface area is 154 Å². The second-order valence-electron chi connectivity index (χ2n) is 8.09. The summed E-state index contributed by atoms with van der Waals surface area (Å²) >= 11 is 0. The third-order valence-electron chi connectivity index (χ3n) is 5.23. The molecule has 1 saturated carbocycles. The van der Waals surface area contributed by atoms with Crippen LogP contribution in [-0.2, 0) is 20.6 Å². The van der Waals surface area contributed by atoms with Crippen LogP contribution in [-0.4, -0.2) is 23.6 Å². The van der Waals surface area contributed by atoms with Crippen LogP contribution in [0.4, 0.5) is 18.9 Å². The van der Waals surface area contributed by atoms with Gasteiger partial charge in [0.05, 0.1) is 5.56 Å². The highest BCUT2D eigenvalue weighted by Crippen LogP contribution is 2.40. The minimum atomic E-state index is -4.53. The maximum Gasteiger partial charge on any atom is 0.416 e. The number of rotatable bonds is 2. The lowest BCUT2D eigenvalue weighted by molar-refractivity contribution is -0.142. The van der Waals surface area contributed by atoms with Gasteiger partial charge in [-0.05, 0) is 36.5 Å². The quantitative estimate of drug-likeness (QED) is 0.772. The average Bonchev–Trinajstić information content (AvgIpc) is 2.52. The fourth-order valence-corrected chi connectivity index (χ4v) is 3.96. The van der Waals surface area contributed by atoms with Crippen LogP contribution in [0.2, 0.25) is 0 Å². The summed E-state index contributed by atoms with van der Waals surface area (Å²) in [6.45, 7) is 3.92. The van der Waals surface area contributed by atoms with Gasteiger partial charge in [-0.2, -0.15) is 13.2 Å². The van der Waals surface area contributed by atoms with Crippen molar-refractivity contribution < 1.29 is 27.6 Å². The molecule has 2 aliphatic rings. The lowest BCUT2D eigenvalue weighted by atomic mass is 9.66. The van der Waals surface area contributed by atoms with Crippen LogP contribution in [0.3, 0.4) is 0 Å². The minimum Gasteiger partial charge on any atom is -0.352 e. The predicted octanol–water partition coefficient (Wildman–Crippen LogP) is 3.15. The summed E-state index contributed by atoms with van der Waals surface area (Å²) in [5.41, 5.74) is -1.14. The normalized spacial score (nSPS) is 27.5. The third kappa shape index (κ3) is 4.14. The van der Waals surface area contributed by atoms with Crippen LogP contribution in [0.1, 0.15) is 38.7 Å². The number of amides is 2. The Balaban J connectivity index is 1.73. The summed E-state index contributed by atoms with van der Waals surface area (Å²) in [6.07, 6.45) is -3.42. The third-order valence-corrected chi connectivity index (χ3v) is 5.23. The number of halogens is 3. The van der Waals surface area contributed by atoms with Crippen LogP contribution in [0, 0.1) is 17.3 Å². The molecule has 5 nitrogen and oxygen atoms in total. The molecule has 0 spiro atoms. The van der Waals surface area contributed by atoms with Crippen molar-refractivity contribution in [3.63, 3.8) is 0 Å². The number of piperidine rings is 1. The van der Waals surface area contributed by atoms with Gasteiger partial charge >= 0.3 is 6.18 Å². The minimum absolute atomic E-state index is 0.00752. The van der Waals surface area contributed by atoms with Crippen LogP contribution in [0.15, 0.2) is 24.3 Å². The van der Waals surface area contributed by atoms with Gasteiger partial charge in [-0.25, -0.2) is 0 Å². The Hall–Kier alpha value is -2.38. The predicted molar refractivity (Wildman–Crippen MR) is 91.6 cm³/mol. The average molecular weight is 382 g/mol.